The van der Waals surface area contributed by atoms with Gasteiger partial charge in [0.15, 0.2) is 0 Å². The smallest absolute Gasteiger partial charge is 0.289 e. The van der Waals surface area contributed by atoms with Gasteiger partial charge in [-0.1, -0.05) is 13.8 Å². The minimum absolute atomic E-state index is 0.179. The Bertz CT molecular complexity index is 658. The van der Waals surface area contributed by atoms with Crippen molar-refractivity contribution >= 4 is 22.7 Å². The number of methoxy groups -OCH3 is 1. The molecular formula is C13H15N3O3. The van der Waals surface area contributed by atoms with E-state index in [4.69, 9.17) is 10.5 Å². The summed E-state index contributed by atoms with van der Waals surface area (Å²) in [5.74, 6) is -1.03. The minimum Gasteiger partial charge on any atom is -0.481 e. The van der Waals surface area contributed by atoms with Gasteiger partial charge in [-0.3, -0.25) is 9.59 Å². The largest absolute Gasteiger partial charge is 0.481 e. The van der Waals surface area contributed by atoms with Crippen molar-refractivity contribution in [1.82, 2.24) is 9.97 Å². The molecule has 6 nitrogen and oxygen atoms in total. The molecule has 0 aliphatic heterocycles. The van der Waals surface area contributed by atoms with Crippen LogP contribution in [-0.2, 0) is 4.79 Å². The van der Waals surface area contributed by atoms with Crippen molar-refractivity contribution in [2.45, 2.75) is 19.8 Å². The van der Waals surface area contributed by atoms with Crippen LogP contribution in [0.5, 0.6) is 5.88 Å². The van der Waals surface area contributed by atoms with Crippen LogP contribution in [0, 0.1) is 0 Å². The van der Waals surface area contributed by atoms with Gasteiger partial charge >= 0.3 is 0 Å². The third-order valence-corrected chi connectivity index (χ3v) is 2.94. The quantitative estimate of drug-likeness (QED) is 0.641. The molecule has 2 aromatic rings. The molecule has 0 fully saturated rings. The Hall–Kier alpha value is -2.37. The number of rotatable bonds is 4. The Morgan fingerprint density at radius 2 is 2.11 bits per heavy atom. The summed E-state index contributed by atoms with van der Waals surface area (Å²) in [6, 6.07) is 1.80. The standard InChI is InChI=1S/C13H15N3O3/c1-6(2)7-4-8-9(10(17)11(14)18)5-15-12(8)16-13(7)19-3/h4-6H,1-3H3,(H2,14,18)(H,15,16). The Balaban J connectivity index is 2.69. The average Bonchev–Trinajstić information content (AvgIpc) is 2.78. The maximum Gasteiger partial charge on any atom is 0.289 e. The zero-order valence-electron chi connectivity index (χ0n) is 11.0. The molecule has 2 aromatic heterocycles. The number of hydrogen-bond acceptors (Lipinski definition) is 4. The summed E-state index contributed by atoms with van der Waals surface area (Å²) in [4.78, 5) is 29.8. The molecule has 0 aliphatic rings. The van der Waals surface area contributed by atoms with Gasteiger partial charge in [-0.25, -0.2) is 0 Å². The molecule has 0 spiro atoms. The summed E-state index contributed by atoms with van der Waals surface area (Å²) in [7, 11) is 1.54. The lowest BCUT2D eigenvalue weighted by Crippen LogP contribution is -2.22. The fourth-order valence-corrected chi connectivity index (χ4v) is 1.94. The highest BCUT2D eigenvalue weighted by Gasteiger charge is 2.20. The molecule has 100 valence electrons. The first-order chi connectivity index (χ1) is 8.95. The van der Waals surface area contributed by atoms with Crippen LogP contribution in [-0.4, -0.2) is 28.8 Å². The molecule has 0 aliphatic carbocycles. The van der Waals surface area contributed by atoms with E-state index < -0.39 is 11.7 Å². The number of hydrogen-bond donors (Lipinski definition) is 2. The molecule has 0 saturated heterocycles. The second kappa shape index (κ2) is 4.72. The third-order valence-electron chi connectivity index (χ3n) is 2.94. The number of primary amides is 1. The molecule has 0 radical (unpaired) electrons. The van der Waals surface area contributed by atoms with Gasteiger partial charge in [-0.05, 0) is 12.0 Å². The monoisotopic (exact) mass is 261 g/mol. The highest BCUT2D eigenvalue weighted by atomic mass is 16.5. The van der Waals surface area contributed by atoms with Crippen molar-refractivity contribution < 1.29 is 14.3 Å². The number of aromatic amines is 1. The molecule has 3 N–H and O–H groups in total. The third kappa shape index (κ3) is 2.16. The van der Waals surface area contributed by atoms with Gasteiger partial charge in [0.05, 0.1) is 12.7 Å². The van der Waals surface area contributed by atoms with Crippen LogP contribution in [0.2, 0.25) is 0 Å². The molecule has 0 unspecified atom stereocenters. The molecule has 0 saturated carbocycles. The number of ether oxygens (including phenoxy) is 1. The molecule has 0 aromatic carbocycles. The Labute approximate surface area is 110 Å². The van der Waals surface area contributed by atoms with E-state index in [2.05, 4.69) is 9.97 Å². The lowest BCUT2D eigenvalue weighted by Gasteiger charge is -2.10. The number of nitrogens with one attached hydrogen (secondary N) is 1. The molecule has 1 amide bonds. The highest BCUT2D eigenvalue weighted by Crippen LogP contribution is 2.29. The second-order valence-electron chi connectivity index (χ2n) is 4.53. The molecular weight excluding hydrogens is 246 g/mol. The number of ketones is 1. The summed E-state index contributed by atoms with van der Waals surface area (Å²) < 4.78 is 5.22. The van der Waals surface area contributed by atoms with Crippen molar-refractivity contribution in [3.8, 4) is 5.88 Å². The molecule has 6 heteroatoms. The predicted octanol–water partition coefficient (Wildman–Crippen LogP) is 1.36. The van der Waals surface area contributed by atoms with E-state index in [9.17, 15) is 9.59 Å². The van der Waals surface area contributed by atoms with Gasteiger partial charge in [-0.15, -0.1) is 0 Å². The maximum atomic E-state index is 11.7. The number of nitrogens with zero attached hydrogens (tertiary/aromatic N) is 1. The summed E-state index contributed by atoms with van der Waals surface area (Å²) in [6.45, 7) is 3.99. The first-order valence-electron chi connectivity index (χ1n) is 5.85. The Morgan fingerprint density at radius 3 is 2.63 bits per heavy atom. The van der Waals surface area contributed by atoms with E-state index in [0.717, 1.165) is 5.56 Å². The number of fused-ring (bicyclic) bond motifs is 1. The molecule has 2 heterocycles. The van der Waals surface area contributed by atoms with Crippen LogP contribution in [0.4, 0.5) is 0 Å². The normalized spacial score (nSPS) is 10.9. The van der Waals surface area contributed by atoms with Gasteiger partial charge in [-0.2, -0.15) is 4.98 Å². The van der Waals surface area contributed by atoms with Crippen molar-refractivity contribution in [2.24, 2.45) is 5.73 Å². The van der Waals surface area contributed by atoms with Gasteiger partial charge in [0, 0.05) is 17.1 Å². The van der Waals surface area contributed by atoms with Crippen LogP contribution in [0.1, 0.15) is 35.7 Å². The fraction of sp³-hybridized carbons (Fsp3) is 0.308. The lowest BCUT2D eigenvalue weighted by molar-refractivity contribution is -0.114. The van der Waals surface area contributed by atoms with Crippen LogP contribution >= 0.6 is 0 Å². The summed E-state index contributed by atoms with van der Waals surface area (Å²) in [5, 5.41) is 0.577. The van der Waals surface area contributed by atoms with Crippen molar-refractivity contribution in [3.63, 3.8) is 0 Å². The fourth-order valence-electron chi connectivity index (χ4n) is 1.94. The van der Waals surface area contributed by atoms with Crippen molar-refractivity contribution in [1.29, 1.82) is 0 Å². The Morgan fingerprint density at radius 1 is 1.42 bits per heavy atom. The van der Waals surface area contributed by atoms with Gasteiger partial charge in [0.1, 0.15) is 5.65 Å². The number of pyridine rings is 1. The number of aromatic nitrogens is 2. The molecule has 2 rings (SSSR count). The van der Waals surface area contributed by atoms with Crippen molar-refractivity contribution in [3.05, 3.63) is 23.4 Å². The van der Waals surface area contributed by atoms with Gasteiger partial charge in [0.2, 0.25) is 5.88 Å². The van der Waals surface area contributed by atoms with Crippen molar-refractivity contribution in [2.75, 3.05) is 7.11 Å². The van der Waals surface area contributed by atoms with Gasteiger partial charge < -0.3 is 15.5 Å². The van der Waals surface area contributed by atoms with E-state index in [1.165, 1.54) is 6.20 Å². The van der Waals surface area contributed by atoms with Crippen LogP contribution < -0.4 is 10.5 Å². The molecule has 0 atom stereocenters. The predicted molar refractivity (Wildman–Crippen MR) is 70.3 cm³/mol. The highest BCUT2D eigenvalue weighted by molar-refractivity contribution is 6.44. The number of Topliss-reactive ketones (excluding diaryl/α,β-unsaturated/α-hetero) is 1. The zero-order chi connectivity index (χ0) is 14.2. The maximum absolute atomic E-state index is 11.7. The first-order valence-corrected chi connectivity index (χ1v) is 5.85. The number of amides is 1. The van der Waals surface area contributed by atoms with Gasteiger partial charge in [0.25, 0.3) is 11.7 Å². The number of carbonyl (C=O) groups excluding carboxylic acids is 2. The SMILES string of the molecule is COc1nc2[nH]cc(C(=O)C(N)=O)c2cc1C(C)C. The molecule has 0 bridgehead atoms. The second-order valence-corrected chi connectivity index (χ2v) is 4.53. The number of H-pyrrole nitrogens is 1. The summed E-state index contributed by atoms with van der Waals surface area (Å²) in [5.41, 5.74) is 6.62. The van der Waals surface area contributed by atoms with E-state index in [0.29, 0.717) is 16.9 Å². The topological polar surface area (TPSA) is 98.1 Å². The molecule has 19 heavy (non-hydrogen) atoms. The number of carbonyl (C=O) groups is 2. The van der Waals surface area contributed by atoms with E-state index >= 15 is 0 Å². The summed E-state index contributed by atoms with van der Waals surface area (Å²) >= 11 is 0. The van der Waals surface area contributed by atoms with E-state index in [1.807, 2.05) is 13.8 Å². The minimum atomic E-state index is -0.984. The van der Waals surface area contributed by atoms with Crippen LogP contribution in [0.25, 0.3) is 11.0 Å². The lowest BCUT2D eigenvalue weighted by atomic mass is 10.0. The number of nitrogens with two attached hydrogens (primary N) is 1. The first kappa shape index (κ1) is 13.1. The average molecular weight is 261 g/mol. The van der Waals surface area contributed by atoms with Crippen LogP contribution in [0.3, 0.4) is 0 Å². The van der Waals surface area contributed by atoms with Crippen LogP contribution in [0.15, 0.2) is 12.3 Å². The summed E-state index contributed by atoms with van der Waals surface area (Å²) in [6.07, 6.45) is 1.44. The van der Waals surface area contributed by atoms with E-state index in [-0.39, 0.29) is 11.5 Å². The zero-order valence-corrected chi connectivity index (χ0v) is 11.0. The Kier molecular flexibility index (Phi) is 3.25. The van der Waals surface area contributed by atoms with E-state index in [1.54, 1.807) is 13.2 Å².